The summed E-state index contributed by atoms with van der Waals surface area (Å²) < 4.78 is 0. The van der Waals surface area contributed by atoms with E-state index in [-0.39, 0.29) is 0 Å². The molecule has 88 valence electrons. The van der Waals surface area contributed by atoms with Gasteiger partial charge < -0.3 is 10.6 Å². The number of hydrogen-bond donors (Lipinski definition) is 1. The van der Waals surface area contributed by atoms with Crippen LogP contribution in [0.4, 0.5) is 5.69 Å². The normalized spacial score (nSPS) is 30.5. The lowest BCUT2D eigenvalue weighted by molar-refractivity contribution is 0.315. The third-order valence-corrected chi connectivity index (χ3v) is 4.01. The first-order chi connectivity index (χ1) is 7.59. The van der Waals surface area contributed by atoms with Crippen LogP contribution < -0.4 is 10.6 Å². The van der Waals surface area contributed by atoms with Crippen LogP contribution in [0.5, 0.6) is 0 Å². The highest BCUT2D eigenvalue weighted by molar-refractivity contribution is 6.30. The summed E-state index contributed by atoms with van der Waals surface area (Å²) in [4.78, 5) is 2.40. The maximum absolute atomic E-state index is 6.09. The molecule has 0 radical (unpaired) electrons. The molecule has 16 heavy (non-hydrogen) atoms. The fourth-order valence-corrected chi connectivity index (χ4v) is 2.60. The van der Waals surface area contributed by atoms with E-state index < -0.39 is 0 Å². The number of benzene rings is 1. The molecule has 2 N–H and O–H groups in total. The molecule has 2 nitrogen and oxygen atoms in total. The predicted molar refractivity (Wildman–Crippen MR) is 70.0 cm³/mol. The zero-order valence-electron chi connectivity index (χ0n) is 9.86. The molecule has 0 aliphatic carbocycles. The molecule has 2 rings (SSSR count). The summed E-state index contributed by atoms with van der Waals surface area (Å²) >= 11 is 6.03. The number of nitrogens with zero attached hydrogens (tertiary/aromatic N) is 1. The van der Waals surface area contributed by atoms with E-state index in [0.717, 1.165) is 18.0 Å². The van der Waals surface area contributed by atoms with Gasteiger partial charge in [-0.25, -0.2) is 0 Å². The monoisotopic (exact) mass is 238 g/mol. The molecular weight excluding hydrogens is 220 g/mol. The SMILES string of the molecule is CC1C(N)CCN(c2cccc(Cl)c2)C1C. The van der Waals surface area contributed by atoms with E-state index >= 15 is 0 Å². The van der Waals surface area contributed by atoms with Crippen LogP contribution in [0.25, 0.3) is 0 Å². The molecule has 3 unspecified atom stereocenters. The van der Waals surface area contributed by atoms with Crippen LogP contribution >= 0.6 is 11.6 Å². The Hall–Kier alpha value is -0.730. The number of piperidine rings is 1. The first-order valence-electron chi connectivity index (χ1n) is 5.87. The molecule has 1 fully saturated rings. The average Bonchev–Trinajstić information content (AvgIpc) is 2.26. The average molecular weight is 239 g/mol. The number of nitrogens with two attached hydrogens (primary N) is 1. The quantitative estimate of drug-likeness (QED) is 0.815. The standard InChI is InChI=1S/C13H19ClN2/c1-9-10(2)16(7-6-13(9)15)12-5-3-4-11(14)8-12/h3-5,8-10,13H,6-7,15H2,1-2H3. The summed E-state index contributed by atoms with van der Waals surface area (Å²) in [7, 11) is 0. The molecule has 0 spiro atoms. The van der Waals surface area contributed by atoms with Gasteiger partial charge in [-0.3, -0.25) is 0 Å². The first kappa shape index (κ1) is 11.7. The zero-order valence-corrected chi connectivity index (χ0v) is 10.6. The minimum atomic E-state index is 0.324. The van der Waals surface area contributed by atoms with Crippen LogP contribution in [0.2, 0.25) is 5.02 Å². The molecule has 1 saturated heterocycles. The second-order valence-electron chi connectivity index (χ2n) is 4.73. The van der Waals surface area contributed by atoms with Crippen molar-refractivity contribution in [1.29, 1.82) is 0 Å². The maximum atomic E-state index is 6.09. The fraction of sp³-hybridized carbons (Fsp3) is 0.538. The Balaban J connectivity index is 2.21. The molecule has 0 aromatic heterocycles. The summed E-state index contributed by atoms with van der Waals surface area (Å²) in [5.74, 6) is 0.521. The first-order valence-corrected chi connectivity index (χ1v) is 6.25. The number of halogens is 1. The lowest BCUT2D eigenvalue weighted by atomic mass is 9.87. The highest BCUT2D eigenvalue weighted by atomic mass is 35.5. The third-order valence-electron chi connectivity index (χ3n) is 3.77. The van der Waals surface area contributed by atoms with Crippen molar-refractivity contribution < 1.29 is 0 Å². The van der Waals surface area contributed by atoms with Gasteiger partial charge in [-0.1, -0.05) is 24.6 Å². The van der Waals surface area contributed by atoms with Crippen LogP contribution in [0.1, 0.15) is 20.3 Å². The molecule has 3 atom stereocenters. The molecule has 0 amide bonds. The van der Waals surface area contributed by atoms with Crippen LogP contribution in [0, 0.1) is 5.92 Å². The Morgan fingerprint density at radius 3 is 2.81 bits per heavy atom. The lowest BCUT2D eigenvalue weighted by Gasteiger charge is -2.42. The Morgan fingerprint density at radius 2 is 2.12 bits per heavy atom. The Kier molecular flexibility index (Phi) is 3.41. The van der Waals surface area contributed by atoms with E-state index in [1.54, 1.807) is 0 Å². The molecular formula is C13H19ClN2. The van der Waals surface area contributed by atoms with Gasteiger partial charge in [0, 0.05) is 29.3 Å². The molecule has 3 heteroatoms. The van der Waals surface area contributed by atoms with Gasteiger partial charge in [0.2, 0.25) is 0 Å². The Labute approximate surface area is 102 Å². The van der Waals surface area contributed by atoms with Crippen LogP contribution in [0.3, 0.4) is 0 Å². The van der Waals surface area contributed by atoms with E-state index in [0.29, 0.717) is 18.0 Å². The van der Waals surface area contributed by atoms with Crippen molar-refractivity contribution in [3.63, 3.8) is 0 Å². The molecule has 1 heterocycles. The van der Waals surface area contributed by atoms with Crippen molar-refractivity contribution in [2.24, 2.45) is 11.7 Å². The predicted octanol–water partition coefficient (Wildman–Crippen LogP) is 2.90. The highest BCUT2D eigenvalue weighted by Crippen LogP contribution is 2.29. The second kappa shape index (κ2) is 4.64. The fourth-order valence-electron chi connectivity index (χ4n) is 2.42. The van der Waals surface area contributed by atoms with Gasteiger partial charge in [0.05, 0.1) is 0 Å². The van der Waals surface area contributed by atoms with E-state index in [9.17, 15) is 0 Å². The number of anilines is 1. The van der Waals surface area contributed by atoms with Crippen molar-refractivity contribution in [2.75, 3.05) is 11.4 Å². The minimum absolute atomic E-state index is 0.324. The summed E-state index contributed by atoms with van der Waals surface area (Å²) in [6, 6.07) is 8.86. The van der Waals surface area contributed by atoms with E-state index in [4.69, 9.17) is 17.3 Å². The van der Waals surface area contributed by atoms with Crippen LogP contribution in [-0.4, -0.2) is 18.6 Å². The largest absolute Gasteiger partial charge is 0.368 e. The van der Waals surface area contributed by atoms with Crippen molar-refractivity contribution >= 4 is 17.3 Å². The maximum Gasteiger partial charge on any atom is 0.0426 e. The highest BCUT2D eigenvalue weighted by Gasteiger charge is 2.30. The Morgan fingerprint density at radius 1 is 1.38 bits per heavy atom. The molecule has 1 aliphatic rings. The summed E-state index contributed by atoms with van der Waals surface area (Å²) in [5, 5.41) is 0.798. The zero-order chi connectivity index (χ0) is 11.7. The van der Waals surface area contributed by atoms with Gasteiger partial charge in [0.25, 0.3) is 0 Å². The summed E-state index contributed by atoms with van der Waals surface area (Å²) in [5.41, 5.74) is 7.29. The van der Waals surface area contributed by atoms with Gasteiger partial charge in [-0.05, 0) is 37.5 Å². The molecule has 1 aromatic rings. The van der Waals surface area contributed by atoms with Gasteiger partial charge in [-0.15, -0.1) is 0 Å². The molecule has 0 bridgehead atoms. The molecule has 1 aromatic carbocycles. The van der Waals surface area contributed by atoms with E-state index in [1.165, 1.54) is 5.69 Å². The number of rotatable bonds is 1. The van der Waals surface area contributed by atoms with Crippen molar-refractivity contribution in [3.8, 4) is 0 Å². The van der Waals surface area contributed by atoms with Gasteiger partial charge in [-0.2, -0.15) is 0 Å². The van der Waals surface area contributed by atoms with Crippen LogP contribution in [-0.2, 0) is 0 Å². The van der Waals surface area contributed by atoms with Crippen molar-refractivity contribution in [1.82, 2.24) is 0 Å². The smallest absolute Gasteiger partial charge is 0.0426 e. The molecule has 1 aliphatic heterocycles. The van der Waals surface area contributed by atoms with Crippen molar-refractivity contribution in [3.05, 3.63) is 29.3 Å². The third kappa shape index (κ3) is 2.18. The second-order valence-corrected chi connectivity index (χ2v) is 5.16. The topological polar surface area (TPSA) is 29.3 Å². The van der Waals surface area contributed by atoms with Gasteiger partial charge in [0.15, 0.2) is 0 Å². The summed E-state index contributed by atoms with van der Waals surface area (Å²) in [6.07, 6.45) is 1.05. The van der Waals surface area contributed by atoms with Gasteiger partial charge in [0.1, 0.15) is 0 Å². The van der Waals surface area contributed by atoms with E-state index in [1.807, 2.05) is 18.2 Å². The van der Waals surface area contributed by atoms with Crippen molar-refractivity contribution in [2.45, 2.75) is 32.4 Å². The number of hydrogen-bond acceptors (Lipinski definition) is 2. The lowest BCUT2D eigenvalue weighted by Crippen LogP contribution is -2.51. The summed E-state index contributed by atoms with van der Waals surface area (Å²) in [6.45, 7) is 5.49. The minimum Gasteiger partial charge on any atom is -0.368 e. The van der Waals surface area contributed by atoms with Gasteiger partial charge >= 0.3 is 0 Å². The van der Waals surface area contributed by atoms with Crippen LogP contribution in [0.15, 0.2) is 24.3 Å². The van der Waals surface area contributed by atoms with E-state index in [2.05, 4.69) is 24.8 Å². The molecule has 0 saturated carbocycles. The Bertz CT molecular complexity index is 367.